The molecule has 208 valence electrons. The Morgan fingerprint density at radius 3 is 1.75 bits per heavy atom. The van der Waals surface area contributed by atoms with Crippen molar-refractivity contribution < 1.29 is 35.5 Å². The molecule has 0 atom stereocenters. The monoisotopic (exact) mass is 558 g/mol. The Bertz CT molecular complexity index is 1460. The maximum atomic E-state index is 15.0. The number of halogens is 7. The molecule has 8 heteroatoms. The van der Waals surface area contributed by atoms with Gasteiger partial charge >= 0.3 is 0 Å². The Morgan fingerprint density at radius 2 is 1.18 bits per heavy atom. The average molecular weight is 559 g/mol. The van der Waals surface area contributed by atoms with Crippen LogP contribution in [0.1, 0.15) is 30.0 Å². The summed E-state index contributed by atoms with van der Waals surface area (Å²) in [6.45, 7) is 1.67. The standard InChI is InChI=1S/C32H25F7O/c1-2-13-40-18-29(37)31(38)23-11-9-21(10-12-23)24-16-25(33)30(26(34)17-24)22-7-5-19(6-8-22)3-4-20-14-27(35)32(39)28(36)15-20/h5-12,14-17H,2-4,13,18H2,1H3. The minimum atomic E-state index is -1.52. The first-order valence-corrected chi connectivity index (χ1v) is 12.6. The third-order valence-electron chi connectivity index (χ3n) is 6.32. The van der Waals surface area contributed by atoms with Crippen molar-refractivity contribution in [2.45, 2.75) is 26.2 Å². The Morgan fingerprint density at radius 1 is 0.625 bits per heavy atom. The molecule has 1 nitrogen and oxygen atoms in total. The van der Waals surface area contributed by atoms with E-state index in [0.717, 1.165) is 29.8 Å². The summed E-state index contributed by atoms with van der Waals surface area (Å²) in [5.41, 5.74) is 1.69. The van der Waals surface area contributed by atoms with E-state index >= 15 is 8.78 Å². The van der Waals surface area contributed by atoms with Gasteiger partial charge in [-0.2, -0.15) is 0 Å². The van der Waals surface area contributed by atoms with E-state index in [4.69, 9.17) is 4.74 Å². The molecule has 0 aliphatic carbocycles. The quantitative estimate of drug-likeness (QED) is 0.107. The molecule has 40 heavy (non-hydrogen) atoms. The lowest BCUT2D eigenvalue weighted by Gasteiger charge is -2.11. The van der Waals surface area contributed by atoms with E-state index in [1.807, 2.05) is 6.92 Å². The second-order valence-electron chi connectivity index (χ2n) is 9.23. The van der Waals surface area contributed by atoms with Crippen molar-refractivity contribution >= 4 is 5.83 Å². The second-order valence-corrected chi connectivity index (χ2v) is 9.23. The molecular formula is C32H25F7O. The fraction of sp³-hybridized carbons (Fsp3) is 0.188. The van der Waals surface area contributed by atoms with Gasteiger partial charge in [0.2, 0.25) is 0 Å². The van der Waals surface area contributed by atoms with Crippen molar-refractivity contribution in [3.63, 3.8) is 0 Å². The summed E-state index contributed by atoms with van der Waals surface area (Å²) in [5, 5.41) is 0. The van der Waals surface area contributed by atoms with Crippen LogP contribution < -0.4 is 0 Å². The predicted octanol–water partition coefficient (Wildman–Crippen LogP) is 9.54. The summed E-state index contributed by atoms with van der Waals surface area (Å²) in [5.74, 6) is -7.76. The van der Waals surface area contributed by atoms with Crippen molar-refractivity contribution in [1.29, 1.82) is 0 Å². The van der Waals surface area contributed by atoms with Crippen LogP contribution in [0, 0.1) is 29.1 Å². The maximum Gasteiger partial charge on any atom is 0.194 e. The molecule has 0 saturated carbocycles. The normalized spacial score (nSPS) is 12.0. The van der Waals surface area contributed by atoms with Crippen LogP contribution in [-0.4, -0.2) is 13.2 Å². The van der Waals surface area contributed by atoms with Crippen LogP contribution in [0.25, 0.3) is 28.1 Å². The SMILES string of the molecule is CCCOCC(F)=C(F)c1ccc(-c2cc(F)c(-c3ccc(CCc4cc(F)c(F)c(F)c4)cc3)c(F)c2)cc1. The largest absolute Gasteiger partial charge is 0.374 e. The van der Waals surface area contributed by atoms with E-state index in [-0.39, 0.29) is 34.2 Å². The minimum absolute atomic E-state index is 0.0197. The van der Waals surface area contributed by atoms with Gasteiger partial charge in [0.15, 0.2) is 29.1 Å². The zero-order valence-corrected chi connectivity index (χ0v) is 21.5. The smallest absolute Gasteiger partial charge is 0.194 e. The molecule has 0 bridgehead atoms. The van der Waals surface area contributed by atoms with E-state index in [9.17, 15) is 22.0 Å². The molecule has 0 unspecified atom stereocenters. The van der Waals surface area contributed by atoms with Crippen LogP contribution in [0.2, 0.25) is 0 Å². The van der Waals surface area contributed by atoms with E-state index in [0.29, 0.717) is 25.0 Å². The first-order chi connectivity index (χ1) is 19.2. The highest BCUT2D eigenvalue weighted by Gasteiger charge is 2.16. The second kappa shape index (κ2) is 13.0. The summed E-state index contributed by atoms with van der Waals surface area (Å²) >= 11 is 0. The molecule has 0 radical (unpaired) electrons. The van der Waals surface area contributed by atoms with Gasteiger partial charge in [-0.25, -0.2) is 30.7 Å². The summed E-state index contributed by atoms with van der Waals surface area (Å²) in [4.78, 5) is 0. The Hall–Kier alpha value is -3.91. The fourth-order valence-electron chi connectivity index (χ4n) is 4.23. The van der Waals surface area contributed by atoms with E-state index in [1.165, 1.54) is 36.4 Å². The molecule has 0 spiro atoms. The van der Waals surface area contributed by atoms with Crippen LogP contribution in [0.15, 0.2) is 78.6 Å². The third kappa shape index (κ3) is 6.80. The highest BCUT2D eigenvalue weighted by Crippen LogP contribution is 2.32. The van der Waals surface area contributed by atoms with Crippen LogP contribution in [-0.2, 0) is 17.6 Å². The van der Waals surface area contributed by atoms with E-state index in [1.54, 1.807) is 12.1 Å². The number of aryl methyl sites for hydroxylation is 2. The van der Waals surface area contributed by atoms with Gasteiger partial charge in [-0.15, -0.1) is 0 Å². The molecule has 0 fully saturated rings. The molecule has 4 rings (SSSR count). The molecule has 0 heterocycles. The van der Waals surface area contributed by atoms with Crippen LogP contribution in [0.4, 0.5) is 30.7 Å². The molecular weight excluding hydrogens is 533 g/mol. The van der Waals surface area contributed by atoms with Crippen LogP contribution >= 0.6 is 0 Å². The zero-order chi connectivity index (χ0) is 28.8. The first-order valence-electron chi connectivity index (χ1n) is 12.6. The maximum absolute atomic E-state index is 15.0. The van der Waals surface area contributed by atoms with Gasteiger partial charge in [0.05, 0.1) is 5.56 Å². The Labute approximate surface area is 227 Å². The van der Waals surface area contributed by atoms with E-state index < -0.39 is 47.3 Å². The lowest BCUT2D eigenvalue weighted by atomic mass is 9.96. The lowest BCUT2D eigenvalue weighted by Crippen LogP contribution is -1.98. The predicted molar refractivity (Wildman–Crippen MR) is 141 cm³/mol. The van der Waals surface area contributed by atoms with Gasteiger partial charge in [0, 0.05) is 12.2 Å². The minimum Gasteiger partial charge on any atom is -0.374 e. The van der Waals surface area contributed by atoms with Gasteiger partial charge in [0.25, 0.3) is 0 Å². The van der Waals surface area contributed by atoms with Crippen molar-refractivity contribution in [2.24, 2.45) is 0 Å². The number of hydrogen-bond acceptors (Lipinski definition) is 1. The van der Waals surface area contributed by atoms with Gasteiger partial charge in [-0.05, 0) is 71.3 Å². The van der Waals surface area contributed by atoms with Gasteiger partial charge in [-0.3, -0.25) is 0 Å². The highest BCUT2D eigenvalue weighted by atomic mass is 19.2. The topological polar surface area (TPSA) is 9.23 Å². The van der Waals surface area contributed by atoms with Gasteiger partial charge in [-0.1, -0.05) is 55.5 Å². The fourth-order valence-corrected chi connectivity index (χ4v) is 4.23. The van der Waals surface area contributed by atoms with Crippen LogP contribution in [0.3, 0.4) is 0 Å². The van der Waals surface area contributed by atoms with Crippen molar-refractivity contribution in [3.8, 4) is 22.3 Å². The molecule has 0 amide bonds. The van der Waals surface area contributed by atoms with Gasteiger partial charge < -0.3 is 4.74 Å². The number of ether oxygens (including phenoxy) is 1. The van der Waals surface area contributed by atoms with Crippen molar-refractivity contribution in [1.82, 2.24) is 0 Å². The zero-order valence-electron chi connectivity index (χ0n) is 21.5. The lowest BCUT2D eigenvalue weighted by molar-refractivity contribution is 0.143. The average Bonchev–Trinajstić information content (AvgIpc) is 2.94. The summed E-state index contributed by atoms with van der Waals surface area (Å²) in [7, 11) is 0. The first kappa shape index (κ1) is 29.1. The number of hydrogen-bond donors (Lipinski definition) is 0. The van der Waals surface area contributed by atoms with Crippen molar-refractivity contribution in [2.75, 3.05) is 13.2 Å². The molecule has 0 aliphatic rings. The molecule has 0 N–H and O–H groups in total. The number of benzene rings is 4. The molecule has 0 aromatic heterocycles. The van der Waals surface area contributed by atoms with Crippen LogP contribution in [0.5, 0.6) is 0 Å². The summed E-state index contributed by atoms with van der Waals surface area (Å²) in [6, 6.07) is 16.1. The highest BCUT2D eigenvalue weighted by molar-refractivity contribution is 5.73. The summed E-state index contributed by atoms with van der Waals surface area (Å²) < 4.78 is 103. The Balaban J connectivity index is 1.48. The molecule has 4 aromatic carbocycles. The Kier molecular flexibility index (Phi) is 9.42. The third-order valence-corrected chi connectivity index (χ3v) is 6.32. The molecule has 0 saturated heterocycles. The number of rotatable bonds is 10. The van der Waals surface area contributed by atoms with Gasteiger partial charge in [0.1, 0.15) is 18.2 Å². The summed E-state index contributed by atoms with van der Waals surface area (Å²) in [6.07, 6.45) is 1.28. The molecule has 4 aromatic rings. The molecule has 0 aliphatic heterocycles. The van der Waals surface area contributed by atoms with E-state index in [2.05, 4.69) is 0 Å². The van der Waals surface area contributed by atoms with Crippen molar-refractivity contribution in [3.05, 3.63) is 124 Å².